The number of nitriles is 1. The minimum atomic E-state index is -0.367. The van der Waals surface area contributed by atoms with Gasteiger partial charge in [0, 0.05) is 54.8 Å². The van der Waals surface area contributed by atoms with Crippen LogP contribution in [-0.2, 0) is 11.8 Å². The third-order valence-electron chi connectivity index (χ3n) is 5.84. The maximum absolute atomic E-state index is 11.5. The zero-order valence-electron chi connectivity index (χ0n) is 24.5. The second-order valence-corrected chi connectivity index (χ2v) is 11.3. The summed E-state index contributed by atoms with van der Waals surface area (Å²) in [4.78, 5) is 18.7. The minimum Gasteiger partial charge on any atom is -0.444 e. The van der Waals surface area contributed by atoms with Crippen molar-refractivity contribution in [3.05, 3.63) is 60.3 Å². The predicted octanol–water partition coefficient (Wildman–Crippen LogP) is 6.89. The fraction of sp³-hybridized carbons (Fsp3) is 0.433. The number of fused-ring (bicyclic) bond motifs is 1. The first-order chi connectivity index (χ1) is 19.1. The summed E-state index contributed by atoms with van der Waals surface area (Å²) in [5, 5.41) is 18.8. The number of carbonyl (C=O) groups excluding carboxylic acids is 1. The highest BCUT2D eigenvalue weighted by Gasteiger charge is 2.23. The summed E-state index contributed by atoms with van der Waals surface area (Å²) in [6.45, 7) is 13.4. The molecule has 4 aromatic heterocycles. The summed E-state index contributed by atoms with van der Waals surface area (Å²) in [5.74, 6) is 0. The molecule has 0 radical (unpaired) electrons. The van der Waals surface area contributed by atoms with E-state index in [-0.39, 0.29) is 11.7 Å². The molecule has 1 aliphatic heterocycles. The normalized spacial score (nSPS) is 13.0. The molecular formula is C30H39N7O2S. The maximum Gasteiger partial charge on any atom is 0.410 e. The van der Waals surface area contributed by atoms with Crippen LogP contribution in [0.15, 0.2) is 59.1 Å². The summed E-state index contributed by atoms with van der Waals surface area (Å²) in [7, 11) is 1.88. The molecule has 0 N–H and O–H groups in total. The fourth-order valence-electron chi connectivity index (χ4n) is 4.00. The third-order valence-corrected chi connectivity index (χ3v) is 6.82. The number of aryl methyl sites for hydroxylation is 2. The van der Waals surface area contributed by atoms with Crippen LogP contribution in [0.4, 0.5) is 4.79 Å². The summed E-state index contributed by atoms with van der Waals surface area (Å²) in [6.07, 6.45) is 12.4. The molecule has 0 saturated carbocycles. The van der Waals surface area contributed by atoms with E-state index in [4.69, 9.17) is 4.74 Å². The van der Waals surface area contributed by atoms with E-state index in [1.807, 2.05) is 85.5 Å². The average Bonchev–Trinajstić information content (AvgIpc) is 3.57. The molecule has 40 heavy (non-hydrogen) atoms. The van der Waals surface area contributed by atoms with Gasteiger partial charge >= 0.3 is 6.09 Å². The van der Waals surface area contributed by atoms with E-state index < -0.39 is 0 Å². The highest BCUT2D eigenvalue weighted by Crippen LogP contribution is 2.34. The molecule has 1 fully saturated rings. The van der Waals surface area contributed by atoms with Gasteiger partial charge in [-0.15, -0.1) is 0 Å². The number of nitrogens with zero attached hydrogens (tertiary/aromatic N) is 7. The molecule has 5 rings (SSSR count). The zero-order chi connectivity index (χ0) is 29.3. The number of likely N-dealkylation sites (tertiary alicyclic amines) is 1. The van der Waals surface area contributed by atoms with Crippen LogP contribution in [0.1, 0.15) is 65.0 Å². The number of amides is 1. The highest BCUT2D eigenvalue weighted by molar-refractivity contribution is 7.99. The second kappa shape index (κ2) is 14.0. The number of ether oxygens (including phenoxy) is 1. The van der Waals surface area contributed by atoms with Crippen LogP contribution in [0.2, 0.25) is 0 Å². The van der Waals surface area contributed by atoms with Crippen LogP contribution in [0.5, 0.6) is 0 Å². The Balaban J connectivity index is 0.000000249. The van der Waals surface area contributed by atoms with Crippen molar-refractivity contribution in [1.29, 1.82) is 5.26 Å². The van der Waals surface area contributed by atoms with E-state index in [1.165, 1.54) is 18.2 Å². The lowest BCUT2D eigenvalue weighted by Crippen LogP contribution is -2.39. The van der Waals surface area contributed by atoms with Gasteiger partial charge in [-0.3, -0.25) is 4.68 Å². The molecule has 5 heterocycles. The SMILES string of the molecule is CC.CC(C)(C)OC(=O)N1CCCCC1.Cc1ccc(Sc2cc(-c3cnn(C)c3)cn3ncc(C#N)c23)nc1. The first kappa shape index (κ1) is 30.7. The van der Waals surface area contributed by atoms with Crippen molar-refractivity contribution in [3.8, 4) is 17.2 Å². The van der Waals surface area contributed by atoms with Gasteiger partial charge in [-0.05, 0) is 64.7 Å². The lowest BCUT2D eigenvalue weighted by atomic mass is 10.1. The number of carbonyl (C=O) groups is 1. The van der Waals surface area contributed by atoms with Gasteiger partial charge in [-0.25, -0.2) is 14.3 Å². The zero-order valence-corrected chi connectivity index (χ0v) is 25.3. The first-order valence-corrected chi connectivity index (χ1v) is 14.4. The number of rotatable bonds is 3. The Bertz CT molecular complexity index is 1440. The molecule has 4 aromatic rings. The molecular weight excluding hydrogens is 522 g/mol. The van der Waals surface area contributed by atoms with Crippen molar-refractivity contribution in [1.82, 2.24) is 29.3 Å². The summed E-state index contributed by atoms with van der Waals surface area (Å²) in [5.41, 5.74) is 4.07. The van der Waals surface area contributed by atoms with Crippen molar-refractivity contribution < 1.29 is 9.53 Å². The minimum absolute atomic E-state index is 0.160. The van der Waals surface area contributed by atoms with E-state index in [0.717, 1.165) is 58.1 Å². The molecule has 10 heteroatoms. The van der Waals surface area contributed by atoms with E-state index in [2.05, 4.69) is 27.3 Å². The lowest BCUT2D eigenvalue weighted by molar-refractivity contribution is 0.0216. The Hall–Kier alpha value is -3.84. The van der Waals surface area contributed by atoms with Crippen molar-refractivity contribution in [2.24, 2.45) is 7.05 Å². The number of hydrogen-bond acceptors (Lipinski definition) is 7. The van der Waals surface area contributed by atoms with Crippen LogP contribution in [0, 0.1) is 18.3 Å². The fourth-order valence-corrected chi connectivity index (χ4v) is 4.96. The Labute approximate surface area is 241 Å². The van der Waals surface area contributed by atoms with E-state index in [1.54, 1.807) is 20.3 Å². The Morgan fingerprint density at radius 1 is 1.02 bits per heavy atom. The van der Waals surface area contributed by atoms with Crippen LogP contribution < -0.4 is 0 Å². The van der Waals surface area contributed by atoms with Crippen molar-refractivity contribution in [2.75, 3.05) is 13.1 Å². The van der Waals surface area contributed by atoms with Gasteiger partial charge in [-0.2, -0.15) is 15.5 Å². The van der Waals surface area contributed by atoms with Crippen LogP contribution in [-0.4, -0.2) is 54.1 Å². The molecule has 0 aliphatic carbocycles. The smallest absolute Gasteiger partial charge is 0.410 e. The monoisotopic (exact) mass is 561 g/mol. The average molecular weight is 562 g/mol. The van der Waals surface area contributed by atoms with Crippen molar-refractivity contribution in [2.45, 2.75) is 76.3 Å². The Kier molecular flexibility index (Phi) is 10.7. The first-order valence-electron chi connectivity index (χ1n) is 13.6. The third kappa shape index (κ3) is 8.33. The predicted molar refractivity (Wildman–Crippen MR) is 158 cm³/mol. The van der Waals surface area contributed by atoms with Gasteiger partial charge in [0.15, 0.2) is 0 Å². The molecule has 1 amide bonds. The van der Waals surface area contributed by atoms with Crippen LogP contribution in [0.25, 0.3) is 16.6 Å². The molecule has 1 saturated heterocycles. The molecule has 0 aromatic carbocycles. The van der Waals surface area contributed by atoms with E-state index >= 15 is 0 Å². The molecule has 0 atom stereocenters. The van der Waals surface area contributed by atoms with Gasteiger partial charge < -0.3 is 9.64 Å². The van der Waals surface area contributed by atoms with Gasteiger partial charge in [-0.1, -0.05) is 31.7 Å². The molecule has 1 aliphatic rings. The summed E-state index contributed by atoms with van der Waals surface area (Å²) in [6, 6.07) is 8.28. The quantitative estimate of drug-likeness (QED) is 0.268. The molecule has 0 spiro atoms. The number of hydrogen-bond donors (Lipinski definition) is 0. The second-order valence-electron chi connectivity index (χ2n) is 10.3. The molecule has 9 nitrogen and oxygen atoms in total. The molecule has 0 unspecified atom stereocenters. The lowest BCUT2D eigenvalue weighted by Gasteiger charge is -2.29. The highest BCUT2D eigenvalue weighted by atomic mass is 32.2. The van der Waals surface area contributed by atoms with Gasteiger partial charge in [0.25, 0.3) is 0 Å². The largest absolute Gasteiger partial charge is 0.444 e. The maximum atomic E-state index is 11.5. The summed E-state index contributed by atoms with van der Waals surface area (Å²) >= 11 is 1.53. The topological polar surface area (TPSA) is 101 Å². The number of aromatic nitrogens is 5. The van der Waals surface area contributed by atoms with Crippen LogP contribution >= 0.6 is 11.8 Å². The number of piperidine rings is 1. The number of pyridine rings is 2. The van der Waals surface area contributed by atoms with Gasteiger partial charge in [0.2, 0.25) is 0 Å². The van der Waals surface area contributed by atoms with E-state index in [9.17, 15) is 10.1 Å². The van der Waals surface area contributed by atoms with Gasteiger partial charge in [0.05, 0.1) is 23.5 Å². The molecule has 212 valence electrons. The Morgan fingerprint density at radius 2 is 1.75 bits per heavy atom. The van der Waals surface area contributed by atoms with E-state index in [0.29, 0.717) is 5.56 Å². The van der Waals surface area contributed by atoms with Crippen molar-refractivity contribution >= 4 is 23.4 Å². The van der Waals surface area contributed by atoms with Gasteiger partial charge in [0.1, 0.15) is 16.7 Å². The van der Waals surface area contributed by atoms with Crippen LogP contribution in [0.3, 0.4) is 0 Å². The van der Waals surface area contributed by atoms with Crippen molar-refractivity contribution in [3.63, 3.8) is 0 Å². The standard InChI is InChI=1S/C18H14N6S.C10H19NO2.C2H6/c1-12-3-4-17(20-7-12)25-16-5-13(15-9-21-23(2)10-15)11-24-18(16)14(6-19)8-22-24;1-10(2,3)13-9(12)11-7-5-4-6-8-11;1-2/h3-5,7-11H,1-2H3;4-8H2,1-3H3;1-2H3. The Morgan fingerprint density at radius 3 is 2.33 bits per heavy atom. The summed E-state index contributed by atoms with van der Waals surface area (Å²) < 4.78 is 8.77. The molecule has 0 bridgehead atoms.